The topological polar surface area (TPSA) is 107 Å². The Morgan fingerprint density at radius 2 is 1.97 bits per heavy atom. The van der Waals surface area contributed by atoms with Gasteiger partial charge in [0.25, 0.3) is 0 Å². The van der Waals surface area contributed by atoms with Gasteiger partial charge in [0.1, 0.15) is 6.07 Å². The van der Waals surface area contributed by atoms with E-state index in [1.165, 1.54) is 12.3 Å². The minimum absolute atomic E-state index is 0.184. The van der Waals surface area contributed by atoms with Gasteiger partial charge in [-0.3, -0.25) is 4.79 Å². The molecule has 0 aliphatic rings. The third-order valence-corrected chi connectivity index (χ3v) is 5.47. The fourth-order valence-electron chi connectivity index (χ4n) is 3.84. The van der Waals surface area contributed by atoms with Crippen LogP contribution in [0, 0.1) is 23.7 Å². The molecule has 0 fully saturated rings. The molecule has 0 unspecified atom stereocenters. The van der Waals surface area contributed by atoms with Gasteiger partial charge in [-0.25, -0.2) is 0 Å². The van der Waals surface area contributed by atoms with Crippen LogP contribution in [0.15, 0.2) is 60.8 Å². The number of nitriles is 1. The van der Waals surface area contributed by atoms with Crippen molar-refractivity contribution < 1.29 is 4.79 Å². The summed E-state index contributed by atoms with van der Waals surface area (Å²) in [6.45, 7) is 2.03. The normalized spacial score (nSPS) is 10.6. The van der Waals surface area contributed by atoms with Crippen molar-refractivity contribution in [2.24, 2.45) is 0 Å². The Morgan fingerprint density at radius 1 is 1.16 bits per heavy atom. The second-order valence-electron chi connectivity index (χ2n) is 7.29. The standard InChI is InChI=1S/C25H21N5O/c1-15-10-22(29-2)18(14-27)12-20(15)19-4-3-9-30-23(19)7-8-24(30)25(31)16-5-6-21(28)17(11-16)13-26/h3-12,14,27,29H,28H2,1-2H3. The van der Waals surface area contributed by atoms with E-state index in [-0.39, 0.29) is 11.3 Å². The number of aryl methyl sites for hydroxylation is 1. The Morgan fingerprint density at radius 3 is 2.68 bits per heavy atom. The van der Waals surface area contributed by atoms with Gasteiger partial charge in [0.15, 0.2) is 0 Å². The highest BCUT2D eigenvalue weighted by atomic mass is 16.1. The largest absolute Gasteiger partial charge is 0.398 e. The fourth-order valence-corrected chi connectivity index (χ4v) is 3.84. The molecule has 2 heterocycles. The van der Waals surface area contributed by atoms with Crippen LogP contribution in [0.4, 0.5) is 11.4 Å². The van der Waals surface area contributed by atoms with E-state index in [1.807, 2.05) is 61.0 Å². The van der Waals surface area contributed by atoms with E-state index >= 15 is 0 Å². The Labute approximate surface area is 180 Å². The number of nitrogens with one attached hydrogen (secondary N) is 2. The number of nitrogen functional groups attached to an aromatic ring is 1. The number of rotatable bonds is 5. The quantitative estimate of drug-likeness (QED) is 0.254. The number of hydrogen-bond acceptors (Lipinski definition) is 5. The molecule has 152 valence electrons. The number of nitrogens with two attached hydrogens (primary N) is 1. The zero-order chi connectivity index (χ0) is 22.1. The lowest BCUT2D eigenvalue weighted by Crippen LogP contribution is -2.06. The number of nitrogens with zero attached hydrogens (tertiary/aromatic N) is 2. The molecule has 0 spiro atoms. The van der Waals surface area contributed by atoms with E-state index in [2.05, 4.69) is 5.32 Å². The lowest BCUT2D eigenvalue weighted by molar-refractivity contribution is 0.103. The molecule has 31 heavy (non-hydrogen) atoms. The smallest absolute Gasteiger partial charge is 0.209 e. The van der Waals surface area contributed by atoms with Crippen LogP contribution < -0.4 is 11.1 Å². The van der Waals surface area contributed by atoms with Gasteiger partial charge in [-0.05, 0) is 66.6 Å². The fraction of sp³-hybridized carbons (Fsp3) is 0.0800. The summed E-state index contributed by atoms with van der Waals surface area (Å²) in [5.41, 5.74) is 13.0. The number of fused-ring (bicyclic) bond motifs is 1. The summed E-state index contributed by atoms with van der Waals surface area (Å²) in [5.74, 6) is -0.184. The molecule has 0 radical (unpaired) electrons. The van der Waals surface area contributed by atoms with Crippen LogP contribution in [-0.4, -0.2) is 23.4 Å². The summed E-state index contributed by atoms with van der Waals surface area (Å²) in [6.07, 6.45) is 3.18. The van der Waals surface area contributed by atoms with Gasteiger partial charge >= 0.3 is 0 Å². The molecule has 0 amide bonds. The van der Waals surface area contributed by atoms with Crippen molar-refractivity contribution in [1.82, 2.24) is 4.40 Å². The Kier molecular flexibility index (Phi) is 5.02. The molecule has 0 aliphatic heterocycles. The second-order valence-corrected chi connectivity index (χ2v) is 7.29. The van der Waals surface area contributed by atoms with Gasteiger partial charge in [0, 0.05) is 47.5 Å². The summed E-state index contributed by atoms with van der Waals surface area (Å²) in [7, 11) is 1.84. The number of ketones is 1. The number of carbonyl (C=O) groups is 1. The summed E-state index contributed by atoms with van der Waals surface area (Å²) < 4.78 is 1.86. The van der Waals surface area contributed by atoms with Gasteiger partial charge < -0.3 is 20.9 Å². The van der Waals surface area contributed by atoms with Crippen LogP contribution >= 0.6 is 0 Å². The van der Waals surface area contributed by atoms with Crippen molar-refractivity contribution in [2.45, 2.75) is 6.92 Å². The van der Waals surface area contributed by atoms with Gasteiger partial charge in [-0.1, -0.05) is 6.07 Å². The van der Waals surface area contributed by atoms with Crippen molar-refractivity contribution in [2.75, 3.05) is 18.1 Å². The molecule has 4 rings (SSSR count). The summed E-state index contributed by atoms with van der Waals surface area (Å²) >= 11 is 0. The van der Waals surface area contributed by atoms with Crippen molar-refractivity contribution >= 4 is 28.9 Å². The first-order valence-electron chi connectivity index (χ1n) is 9.76. The SMILES string of the molecule is CNc1cc(C)c(-c2cccn3c(C(=O)c4ccc(N)c(C#N)c4)ccc23)cc1C=N. The average molecular weight is 407 g/mol. The summed E-state index contributed by atoms with van der Waals surface area (Å²) in [4.78, 5) is 13.2. The maximum atomic E-state index is 13.2. The van der Waals surface area contributed by atoms with Gasteiger partial charge in [0.2, 0.25) is 5.78 Å². The third kappa shape index (κ3) is 3.32. The molecule has 2 aromatic carbocycles. The van der Waals surface area contributed by atoms with E-state index in [9.17, 15) is 10.1 Å². The monoisotopic (exact) mass is 407 g/mol. The van der Waals surface area contributed by atoms with Crippen LogP contribution in [0.5, 0.6) is 0 Å². The molecule has 0 aliphatic carbocycles. The number of aromatic nitrogens is 1. The maximum Gasteiger partial charge on any atom is 0.209 e. The number of anilines is 2. The number of pyridine rings is 1. The first-order chi connectivity index (χ1) is 15.0. The third-order valence-electron chi connectivity index (χ3n) is 5.47. The number of hydrogen-bond donors (Lipinski definition) is 3. The van der Waals surface area contributed by atoms with Crippen molar-refractivity contribution in [3.63, 3.8) is 0 Å². The van der Waals surface area contributed by atoms with E-state index in [0.29, 0.717) is 16.9 Å². The Hall–Kier alpha value is -4.37. The second kappa shape index (κ2) is 7.81. The van der Waals surface area contributed by atoms with E-state index in [1.54, 1.807) is 18.2 Å². The van der Waals surface area contributed by atoms with E-state index in [4.69, 9.17) is 11.1 Å². The van der Waals surface area contributed by atoms with Crippen LogP contribution in [0.3, 0.4) is 0 Å². The molecular formula is C25H21N5O. The first-order valence-corrected chi connectivity index (χ1v) is 9.76. The highest BCUT2D eigenvalue weighted by Crippen LogP contribution is 2.32. The molecule has 6 heteroatoms. The molecule has 2 aromatic heterocycles. The van der Waals surface area contributed by atoms with Gasteiger partial charge in [0.05, 0.1) is 16.8 Å². The first kappa shape index (κ1) is 19.9. The van der Waals surface area contributed by atoms with Crippen LogP contribution in [0.1, 0.15) is 32.7 Å². The number of benzene rings is 2. The van der Waals surface area contributed by atoms with Crippen molar-refractivity contribution in [3.05, 3.63) is 88.7 Å². The van der Waals surface area contributed by atoms with Crippen molar-refractivity contribution in [1.29, 1.82) is 10.7 Å². The minimum Gasteiger partial charge on any atom is -0.398 e. The summed E-state index contributed by atoms with van der Waals surface area (Å²) in [5, 5.41) is 20.1. The molecule has 6 nitrogen and oxygen atoms in total. The van der Waals surface area contributed by atoms with Crippen LogP contribution in [-0.2, 0) is 0 Å². The van der Waals surface area contributed by atoms with Gasteiger partial charge in [-0.2, -0.15) is 5.26 Å². The Balaban J connectivity index is 1.86. The van der Waals surface area contributed by atoms with Crippen LogP contribution in [0.25, 0.3) is 16.6 Å². The Bertz CT molecular complexity index is 1390. The van der Waals surface area contributed by atoms with Crippen LogP contribution in [0.2, 0.25) is 0 Å². The highest BCUT2D eigenvalue weighted by Gasteiger charge is 2.17. The molecule has 0 saturated carbocycles. The van der Waals surface area contributed by atoms with E-state index < -0.39 is 0 Å². The predicted molar refractivity (Wildman–Crippen MR) is 124 cm³/mol. The molecule has 4 N–H and O–H groups in total. The summed E-state index contributed by atoms with van der Waals surface area (Å²) in [6, 6.07) is 18.4. The highest BCUT2D eigenvalue weighted by molar-refractivity contribution is 6.09. The van der Waals surface area contributed by atoms with Crippen molar-refractivity contribution in [3.8, 4) is 17.2 Å². The molecule has 0 saturated heterocycles. The lowest BCUT2D eigenvalue weighted by Gasteiger charge is -2.14. The predicted octanol–water partition coefficient (Wildman–Crippen LogP) is 4.64. The molecule has 0 atom stereocenters. The minimum atomic E-state index is -0.184. The molecule has 0 bridgehead atoms. The molecule has 4 aromatic rings. The van der Waals surface area contributed by atoms with Gasteiger partial charge in [-0.15, -0.1) is 0 Å². The average Bonchev–Trinajstić information content (AvgIpc) is 3.23. The number of carbonyl (C=O) groups excluding carboxylic acids is 1. The molecular weight excluding hydrogens is 386 g/mol. The maximum absolute atomic E-state index is 13.2. The zero-order valence-electron chi connectivity index (χ0n) is 17.2. The van der Waals surface area contributed by atoms with E-state index in [0.717, 1.165) is 33.5 Å². The zero-order valence-corrected chi connectivity index (χ0v) is 17.2. The lowest BCUT2D eigenvalue weighted by atomic mass is 9.97.